The third-order valence-corrected chi connectivity index (χ3v) is 4.62. The SMILES string of the molecule is CCSS(=O)(=O)CCCl. The van der Waals surface area contributed by atoms with Gasteiger partial charge in [0.2, 0.25) is 8.87 Å². The summed E-state index contributed by atoms with van der Waals surface area (Å²) in [4.78, 5) is 0. The van der Waals surface area contributed by atoms with Crippen LogP contribution in [0.4, 0.5) is 0 Å². The van der Waals surface area contributed by atoms with Crippen LogP contribution >= 0.6 is 22.4 Å². The maximum Gasteiger partial charge on any atom is 0.202 e. The molecule has 0 fully saturated rings. The van der Waals surface area contributed by atoms with Gasteiger partial charge in [0, 0.05) is 11.6 Å². The number of halogens is 1. The fourth-order valence-corrected chi connectivity index (χ4v) is 3.56. The molecule has 0 radical (unpaired) electrons. The van der Waals surface area contributed by atoms with Gasteiger partial charge in [0.15, 0.2) is 0 Å². The molecular weight excluding hydrogens is 180 g/mol. The molecule has 0 bridgehead atoms. The lowest BCUT2D eigenvalue weighted by atomic mass is 11.0. The predicted octanol–water partition coefficient (Wildman–Crippen LogP) is 1.31. The van der Waals surface area contributed by atoms with Crippen LogP contribution in [-0.2, 0) is 8.87 Å². The molecule has 0 atom stereocenters. The molecule has 0 aromatic heterocycles. The molecule has 9 heavy (non-hydrogen) atoms. The average Bonchev–Trinajstić information content (AvgIpc) is 1.64. The van der Waals surface area contributed by atoms with E-state index in [-0.39, 0.29) is 11.6 Å². The summed E-state index contributed by atoms with van der Waals surface area (Å²) >= 11 is 5.23. The van der Waals surface area contributed by atoms with Crippen LogP contribution in [0.15, 0.2) is 0 Å². The van der Waals surface area contributed by atoms with E-state index in [9.17, 15) is 8.42 Å². The van der Waals surface area contributed by atoms with Crippen molar-refractivity contribution in [2.45, 2.75) is 6.92 Å². The van der Waals surface area contributed by atoms with Crippen LogP contribution in [-0.4, -0.2) is 25.8 Å². The highest BCUT2D eigenvalue weighted by molar-refractivity contribution is 8.72. The Morgan fingerprint density at radius 2 is 2.11 bits per heavy atom. The predicted molar refractivity (Wildman–Crippen MR) is 42.6 cm³/mol. The summed E-state index contributed by atoms with van der Waals surface area (Å²) in [5.74, 6) is 0.863. The first-order valence-electron chi connectivity index (χ1n) is 2.55. The van der Waals surface area contributed by atoms with E-state index in [2.05, 4.69) is 0 Å². The zero-order valence-electron chi connectivity index (χ0n) is 5.13. The first-order valence-corrected chi connectivity index (χ1v) is 6.24. The molecule has 0 aromatic carbocycles. The number of hydrogen-bond acceptors (Lipinski definition) is 3. The summed E-state index contributed by atoms with van der Waals surface area (Å²) in [7, 11) is -1.95. The fourth-order valence-electron chi connectivity index (χ4n) is 0.333. The Morgan fingerprint density at radius 3 is 2.44 bits per heavy atom. The zero-order chi connectivity index (χ0) is 7.33. The Balaban J connectivity index is 3.73. The van der Waals surface area contributed by atoms with Gasteiger partial charge >= 0.3 is 0 Å². The minimum absolute atomic E-state index is 0.0765. The molecule has 0 aliphatic carbocycles. The Bertz CT molecular complexity index is 140. The lowest BCUT2D eigenvalue weighted by Gasteiger charge is -1.95. The normalized spacial score (nSPS) is 11.8. The third-order valence-electron chi connectivity index (χ3n) is 0.625. The maximum atomic E-state index is 10.7. The van der Waals surface area contributed by atoms with E-state index in [4.69, 9.17) is 11.6 Å². The highest BCUT2D eigenvalue weighted by Crippen LogP contribution is 2.11. The van der Waals surface area contributed by atoms with Gasteiger partial charge in [-0.2, -0.15) is 0 Å². The highest BCUT2D eigenvalue weighted by atomic mass is 35.5. The summed E-state index contributed by atoms with van der Waals surface area (Å²) in [6.07, 6.45) is 0. The molecule has 0 saturated heterocycles. The highest BCUT2D eigenvalue weighted by Gasteiger charge is 2.07. The number of hydrogen-bond donors (Lipinski definition) is 0. The molecule has 2 nitrogen and oxygen atoms in total. The molecule has 0 rings (SSSR count). The Hall–Kier alpha value is 0.590. The van der Waals surface area contributed by atoms with Crippen molar-refractivity contribution in [3.63, 3.8) is 0 Å². The van der Waals surface area contributed by atoms with Crippen molar-refractivity contribution >= 4 is 31.3 Å². The molecular formula is C4H9ClO2S2. The van der Waals surface area contributed by atoms with E-state index >= 15 is 0 Å². The number of rotatable bonds is 4. The van der Waals surface area contributed by atoms with Crippen molar-refractivity contribution in [3.8, 4) is 0 Å². The molecule has 0 amide bonds. The smallest absolute Gasteiger partial charge is 0.202 e. The van der Waals surface area contributed by atoms with Crippen LogP contribution < -0.4 is 0 Å². The summed E-state index contributed by atoms with van der Waals surface area (Å²) in [6, 6.07) is 0. The monoisotopic (exact) mass is 188 g/mol. The standard InChI is InChI=1S/C4H9ClO2S2/c1-2-8-9(6,7)4-3-5/h2-4H2,1H3. The summed E-state index contributed by atoms with van der Waals surface area (Å²) in [5.41, 5.74) is 0. The molecule has 0 aromatic rings. The fraction of sp³-hybridized carbons (Fsp3) is 1.00. The van der Waals surface area contributed by atoms with E-state index in [1.54, 1.807) is 6.92 Å². The molecule has 0 aliphatic rings. The van der Waals surface area contributed by atoms with Gasteiger partial charge in [-0.05, 0) is 10.8 Å². The van der Waals surface area contributed by atoms with Gasteiger partial charge in [0.25, 0.3) is 0 Å². The zero-order valence-corrected chi connectivity index (χ0v) is 7.52. The second-order valence-corrected chi connectivity index (χ2v) is 6.30. The largest absolute Gasteiger partial charge is 0.217 e. The Kier molecular flexibility index (Phi) is 4.70. The number of alkyl halides is 1. The second-order valence-electron chi connectivity index (χ2n) is 1.36. The van der Waals surface area contributed by atoms with Gasteiger partial charge in [0.05, 0.1) is 5.75 Å². The van der Waals surface area contributed by atoms with Crippen molar-refractivity contribution in [1.29, 1.82) is 0 Å². The van der Waals surface area contributed by atoms with Crippen LogP contribution in [0.2, 0.25) is 0 Å². The van der Waals surface area contributed by atoms with Crippen molar-refractivity contribution in [1.82, 2.24) is 0 Å². The van der Waals surface area contributed by atoms with E-state index in [0.717, 1.165) is 10.8 Å². The van der Waals surface area contributed by atoms with Crippen LogP contribution in [0.5, 0.6) is 0 Å². The lowest BCUT2D eigenvalue weighted by molar-refractivity contribution is 0.611. The minimum Gasteiger partial charge on any atom is -0.217 e. The quantitative estimate of drug-likeness (QED) is 0.493. The van der Waals surface area contributed by atoms with E-state index in [0.29, 0.717) is 5.75 Å². The van der Waals surface area contributed by atoms with Gasteiger partial charge in [-0.25, -0.2) is 8.42 Å². The molecule has 0 aliphatic heterocycles. The average molecular weight is 189 g/mol. The summed E-state index contributed by atoms with van der Waals surface area (Å²) in [5, 5.41) is 0. The van der Waals surface area contributed by atoms with Gasteiger partial charge in [0.1, 0.15) is 0 Å². The van der Waals surface area contributed by atoms with Crippen molar-refractivity contribution in [2.24, 2.45) is 0 Å². The molecule has 0 spiro atoms. The molecule has 56 valence electrons. The van der Waals surface area contributed by atoms with Crippen molar-refractivity contribution in [2.75, 3.05) is 17.4 Å². The van der Waals surface area contributed by atoms with E-state index < -0.39 is 8.87 Å². The maximum absolute atomic E-state index is 10.7. The van der Waals surface area contributed by atoms with E-state index in [1.807, 2.05) is 0 Å². The molecule has 0 saturated carbocycles. The van der Waals surface area contributed by atoms with Gasteiger partial charge in [-0.1, -0.05) is 6.92 Å². The second kappa shape index (κ2) is 4.41. The van der Waals surface area contributed by atoms with Crippen LogP contribution in [0.3, 0.4) is 0 Å². The minimum atomic E-state index is -2.90. The molecule has 0 unspecified atom stereocenters. The summed E-state index contributed by atoms with van der Waals surface area (Å²) < 4.78 is 21.4. The lowest BCUT2D eigenvalue weighted by Crippen LogP contribution is -2.01. The first kappa shape index (κ1) is 9.59. The van der Waals surface area contributed by atoms with Gasteiger partial charge in [-0.3, -0.25) is 0 Å². The van der Waals surface area contributed by atoms with Crippen molar-refractivity contribution < 1.29 is 8.42 Å². The molecule has 5 heteroatoms. The molecule has 0 heterocycles. The Labute approximate surface area is 64.3 Å². The van der Waals surface area contributed by atoms with Crippen LogP contribution in [0, 0.1) is 0 Å². The third kappa shape index (κ3) is 5.06. The van der Waals surface area contributed by atoms with Gasteiger partial charge in [-0.15, -0.1) is 11.6 Å². The first-order chi connectivity index (χ1) is 4.12. The molecule has 0 N–H and O–H groups in total. The topological polar surface area (TPSA) is 34.1 Å². The summed E-state index contributed by atoms with van der Waals surface area (Å²) in [6.45, 7) is 1.80. The van der Waals surface area contributed by atoms with Gasteiger partial charge < -0.3 is 0 Å². The van der Waals surface area contributed by atoms with Crippen LogP contribution in [0.25, 0.3) is 0 Å². The van der Waals surface area contributed by atoms with Crippen LogP contribution in [0.1, 0.15) is 6.92 Å². The Morgan fingerprint density at radius 1 is 1.56 bits per heavy atom. The van der Waals surface area contributed by atoms with E-state index in [1.165, 1.54) is 0 Å². The van der Waals surface area contributed by atoms with Crippen molar-refractivity contribution in [3.05, 3.63) is 0 Å².